The van der Waals surface area contributed by atoms with Crippen molar-refractivity contribution in [2.45, 2.75) is 26.2 Å². The first-order chi connectivity index (χ1) is 10.9. The third kappa shape index (κ3) is 3.96. The molecule has 2 aromatic carbocycles. The van der Waals surface area contributed by atoms with Gasteiger partial charge >= 0.3 is 0 Å². The zero-order chi connectivity index (χ0) is 17.0. The van der Waals surface area contributed by atoms with E-state index in [1.807, 2.05) is 24.3 Å². The molecule has 0 aliphatic heterocycles. The maximum absolute atomic E-state index is 10.9. The second-order valence-electron chi connectivity index (χ2n) is 5.25. The van der Waals surface area contributed by atoms with Gasteiger partial charge in [0.25, 0.3) is 5.69 Å². The van der Waals surface area contributed by atoms with Crippen LogP contribution < -0.4 is 0 Å². The second kappa shape index (κ2) is 7.37. The van der Waals surface area contributed by atoms with Crippen molar-refractivity contribution >= 4 is 33.5 Å². The van der Waals surface area contributed by atoms with E-state index >= 15 is 0 Å². The Morgan fingerprint density at radius 2 is 2.09 bits per heavy atom. The summed E-state index contributed by atoms with van der Waals surface area (Å²) in [5.41, 5.74) is 2.09. The van der Waals surface area contributed by atoms with Crippen molar-refractivity contribution in [3.63, 3.8) is 0 Å². The molecule has 0 aromatic heterocycles. The van der Waals surface area contributed by atoms with E-state index in [0.29, 0.717) is 11.5 Å². The smallest absolute Gasteiger partial charge is 0.271 e. The zero-order valence-electron chi connectivity index (χ0n) is 12.9. The highest BCUT2D eigenvalue weighted by atomic mass is 79.9. The molecule has 2 rings (SSSR count). The van der Waals surface area contributed by atoms with Crippen LogP contribution in [0.3, 0.4) is 0 Å². The van der Waals surface area contributed by atoms with Crippen LogP contribution in [0.1, 0.15) is 37.3 Å². The summed E-state index contributed by atoms with van der Waals surface area (Å²) in [6, 6.07) is 10.3. The minimum atomic E-state index is -0.505. The van der Waals surface area contributed by atoms with Crippen LogP contribution >= 0.6 is 15.9 Å². The van der Waals surface area contributed by atoms with Crippen LogP contribution in [0, 0.1) is 10.1 Å². The molecule has 0 radical (unpaired) electrons. The summed E-state index contributed by atoms with van der Waals surface area (Å²) in [5, 5.41) is 21.0. The largest absolute Gasteiger partial charge is 0.506 e. The van der Waals surface area contributed by atoms with Gasteiger partial charge in [-0.05, 0) is 39.9 Å². The predicted octanol–water partition coefficient (Wildman–Crippen LogP) is 5.33. The molecule has 1 atom stereocenters. The SMILES string of the molecule is CCC(C)c1ccccc1N=Cc1cc([N+](=O)[O-])cc(Br)c1O. The molecule has 0 fully saturated rings. The predicted molar refractivity (Wildman–Crippen MR) is 94.9 cm³/mol. The summed E-state index contributed by atoms with van der Waals surface area (Å²) in [7, 11) is 0. The summed E-state index contributed by atoms with van der Waals surface area (Å²) in [6.45, 7) is 4.23. The average Bonchev–Trinajstić information content (AvgIpc) is 2.55. The van der Waals surface area contributed by atoms with Gasteiger partial charge in [-0.25, -0.2) is 0 Å². The Kier molecular flexibility index (Phi) is 5.50. The number of rotatable bonds is 5. The standard InChI is InChI=1S/C17H17BrN2O3/c1-3-11(2)14-6-4-5-7-16(14)19-10-12-8-13(20(22)23)9-15(18)17(12)21/h4-11,21H,3H2,1-2H3. The van der Waals surface area contributed by atoms with Gasteiger partial charge in [0.2, 0.25) is 0 Å². The number of nitro benzene ring substituents is 1. The summed E-state index contributed by atoms with van der Waals surface area (Å²) in [4.78, 5) is 14.8. The molecular formula is C17H17BrN2O3. The number of aromatic hydroxyl groups is 1. The number of para-hydroxylation sites is 1. The van der Waals surface area contributed by atoms with Gasteiger partial charge in [-0.1, -0.05) is 32.0 Å². The second-order valence-corrected chi connectivity index (χ2v) is 6.10. The number of benzene rings is 2. The average molecular weight is 377 g/mol. The van der Waals surface area contributed by atoms with Crippen LogP contribution in [-0.4, -0.2) is 16.2 Å². The topological polar surface area (TPSA) is 75.7 Å². The van der Waals surface area contributed by atoms with Crippen LogP contribution in [0.4, 0.5) is 11.4 Å². The minimum Gasteiger partial charge on any atom is -0.506 e. The fourth-order valence-corrected chi connectivity index (χ4v) is 2.65. The van der Waals surface area contributed by atoms with E-state index in [1.165, 1.54) is 18.3 Å². The molecule has 0 bridgehead atoms. The van der Waals surface area contributed by atoms with Gasteiger partial charge in [0.05, 0.1) is 15.1 Å². The van der Waals surface area contributed by atoms with E-state index in [2.05, 4.69) is 34.8 Å². The van der Waals surface area contributed by atoms with E-state index in [-0.39, 0.29) is 15.9 Å². The molecule has 6 heteroatoms. The van der Waals surface area contributed by atoms with Gasteiger partial charge in [-0.15, -0.1) is 0 Å². The van der Waals surface area contributed by atoms with Gasteiger partial charge < -0.3 is 5.11 Å². The number of halogens is 1. The van der Waals surface area contributed by atoms with Crippen molar-refractivity contribution in [2.75, 3.05) is 0 Å². The van der Waals surface area contributed by atoms with Gasteiger partial charge in [0, 0.05) is 23.9 Å². The number of phenolic OH excluding ortho intramolecular Hbond substituents is 1. The molecule has 2 aromatic rings. The number of hydrogen-bond acceptors (Lipinski definition) is 4. The van der Waals surface area contributed by atoms with Crippen molar-refractivity contribution < 1.29 is 10.0 Å². The van der Waals surface area contributed by atoms with Crippen LogP contribution in [-0.2, 0) is 0 Å². The summed E-state index contributed by atoms with van der Waals surface area (Å²) < 4.78 is 0.267. The van der Waals surface area contributed by atoms with Crippen LogP contribution in [0.25, 0.3) is 0 Å². The number of hydrogen-bond donors (Lipinski definition) is 1. The van der Waals surface area contributed by atoms with Gasteiger partial charge in [0.1, 0.15) is 5.75 Å². The number of aliphatic imine (C=N–C) groups is 1. The number of nitrogens with zero attached hydrogens (tertiary/aromatic N) is 2. The van der Waals surface area contributed by atoms with Crippen molar-refractivity contribution in [3.05, 3.63) is 62.1 Å². The van der Waals surface area contributed by atoms with E-state index in [1.54, 1.807) is 0 Å². The Labute approximate surface area is 143 Å². The monoisotopic (exact) mass is 376 g/mol. The number of phenols is 1. The van der Waals surface area contributed by atoms with Gasteiger partial charge in [-0.3, -0.25) is 15.1 Å². The lowest BCUT2D eigenvalue weighted by atomic mass is 9.97. The molecule has 0 heterocycles. The summed E-state index contributed by atoms with van der Waals surface area (Å²) >= 11 is 3.12. The first kappa shape index (κ1) is 17.1. The maximum Gasteiger partial charge on any atom is 0.271 e. The molecule has 0 saturated heterocycles. The summed E-state index contributed by atoms with van der Waals surface area (Å²) in [5.74, 6) is 0.286. The molecule has 0 aliphatic rings. The molecule has 23 heavy (non-hydrogen) atoms. The fourth-order valence-electron chi connectivity index (χ4n) is 2.19. The Morgan fingerprint density at radius 3 is 2.74 bits per heavy atom. The molecule has 1 unspecified atom stereocenters. The number of nitro groups is 1. The Bertz CT molecular complexity index is 759. The highest BCUT2D eigenvalue weighted by Crippen LogP contribution is 2.33. The highest BCUT2D eigenvalue weighted by Gasteiger charge is 2.14. The van der Waals surface area contributed by atoms with Gasteiger partial charge in [-0.2, -0.15) is 0 Å². The lowest BCUT2D eigenvalue weighted by molar-refractivity contribution is -0.385. The van der Waals surface area contributed by atoms with Crippen molar-refractivity contribution in [3.8, 4) is 5.75 Å². The normalized spacial score (nSPS) is 12.5. The molecule has 0 saturated carbocycles. The third-order valence-electron chi connectivity index (χ3n) is 3.71. The minimum absolute atomic E-state index is 0.0691. The fraction of sp³-hybridized carbons (Fsp3) is 0.235. The maximum atomic E-state index is 10.9. The van der Waals surface area contributed by atoms with E-state index in [4.69, 9.17) is 0 Å². The Hall–Kier alpha value is -2.21. The first-order valence-corrected chi connectivity index (χ1v) is 8.03. The van der Waals surface area contributed by atoms with Crippen molar-refractivity contribution in [2.24, 2.45) is 4.99 Å². The number of non-ortho nitro benzene ring substituents is 1. The molecular weight excluding hydrogens is 360 g/mol. The van der Waals surface area contributed by atoms with Crippen LogP contribution in [0.15, 0.2) is 45.9 Å². The first-order valence-electron chi connectivity index (χ1n) is 7.24. The van der Waals surface area contributed by atoms with Gasteiger partial charge in [0.15, 0.2) is 0 Å². The lowest BCUT2D eigenvalue weighted by Gasteiger charge is -2.11. The van der Waals surface area contributed by atoms with Crippen LogP contribution in [0.2, 0.25) is 0 Å². The Balaban J connectivity index is 2.44. The quantitative estimate of drug-likeness (QED) is 0.435. The zero-order valence-corrected chi connectivity index (χ0v) is 14.4. The van der Waals surface area contributed by atoms with Crippen molar-refractivity contribution in [1.29, 1.82) is 0 Å². The lowest BCUT2D eigenvalue weighted by Crippen LogP contribution is -1.93. The molecule has 5 nitrogen and oxygen atoms in total. The summed E-state index contributed by atoms with van der Waals surface area (Å²) in [6.07, 6.45) is 2.44. The van der Waals surface area contributed by atoms with Crippen LogP contribution in [0.5, 0.6) is 5.75 Å². The molecule has 0 aliphatic carbocycles. The third-order valence-corrected chi connectivity index (χ3v) is 4.32. The highest BCUT2D eigenvalue weighted by molar-refractivity contribution is 9.10. The van der Waals surface area contributed by atoms with Crippen molar-refractivity contribution in [1.82, 2.24) is 0 Å². The molecule has 1 N–H and O–H groups in total. The Morgan fingerprint density at radius 1 is 1.39 bits per heavy atom. The van der Waals surface area contributed by atoms with E-state index in [9.17, 15) is 15.2 Å². The molecule has 0 spiro atoms. The molecule has 0 amide bonds. The molecule has 120 valence electrons. The van der Waals surface area contributed by atoms with E-state index < -0.39 is 4.92 Å². The van der Waals surface area contributed by atoms with E-state index in [0.717, 1.165) is 17.7 Å².